The first-order chi connectivity index (χ1) is 10.8. The molecule has 2 N–H and O–H groups in total. The number of H-pyrrole nitrogens is 1. The molecule has 0 aliphatic carbocycles. The first kappa shape index (κ1) is 16.7. The molecule has 2 aromatic rings. The summed E-state index contributed by atoms with van der Waals surface area (Å²) in [6.07, 6.45) is -4.54. The van der Waals surface area contributed by atoms with E-state index < -0.39 is 29.7 Å². The van der Waals surface area contributed by atoms with Gasteiger partial charge in [-0.3, -0.25) is 15.2 Å². The quantitative estimate of drug-likeness (QED) is 0.825. The van der Waals surface area contributed by atoms with E-state index in [-0.39, 0.29) is 18.6 Å². The van der Waals surface area contributed by atoms with Crippen molar-refractivity contribution in [3.05, 3.63) is 35.4 Å². The van der Waals surface area contributed by atoms with Gasteiger partial charge in [-0.1, -0.05) is 6.07 Å². The van der Waals surface area contributed by atoms with Gasteiger partial charge < -0.3 is 4.74 Å². The maximum Gasteiger partial charge on any atom is 0.451 e. The smallest absolute Gasteiger partial charge is 0.451 e. The number of methoxy groups -OCH3 is 1. The lowest BCUT2D eigenvalue weighted by molar-refractivity contribution is -0.144. The van der Waals surface area contributed by atoms with Gasteiger partial charge in [-0.2, -0.15) is 18.2 Å². The van der Waals surface area contributed by atoms with E-state index in [1.807, 2.05) is 0 Å². The van der Waals surface area contributed by atoms with E-state index in [4.69, 9.17) is 4.74 Å². The Hall–Kier alpha value is -2.65. The third kappa shape index (κ3) is 4.41. The van der Waals surface area contributed by atoms with Gasteiger partial charge in [0.1, 0.15) is 0 Å². The number of aromatic nitrogens is 3. The minimum Gasteiger partial charge on any atom is -0.494 e. The molecule has 0 atom stereocenters. The Morgan fingerprint density at radius 3 is 2.70 bits per heavy atom. The van der Waals surface area contributed by atoms with Crippen molar-refractivity contribution in [1.82, 2.24) is 15.2 Å². The van der Waals surface area contributed by atoms with E-state index in [1.54, 1.807) is 11.2 Å². The number of hydrogen-bond donors (Lipinski definition) is 2. The van der Waals surface area contributed by atoms with Crippen molar-refractivity contribution < 1.29 is 27.1 Å². The monoisotopic (exact) mass is 332 g/mol. The van der Waals surface area contributed by atoms with E-state index in [9.17, 15) is 22.4 Å². The van der Waals surface area contributed by atoms with Gasteiger partial charge in [0.05, 0.1) is 7.11 Å². The van der Waals surface area contributed by atoms with Crippen molar-refractivity contribution in [3.8, 4) is 5.75 Å². The molecule has 0 unspecified atom stereocenters. The van der Waals surface area contributed by atoms with Crippen molar-refractivity contribution in [2.75, 3.05) is 12.4 Å². The van der Waals surface area contributed by atoms with Crippen molar-refractivity contribution in [1.29, 1.82) is 0 Å². The summed E-state index contributed by atoms with van der Waals surface area (Å²) >= 11 is 0. The Balaban J connectivity index is 1.90. The van der Waals surface area contributed by atoms with Gasteiger partial charge in [-0.25, -0.2) is 4.39 Å². The van der Waals surface area contributed by atoms with E-state index >= 15 is 0 Å². The molecule has 0 bridgehead atoms. The van der Waals surface area contributed by atoms with Crippen molar-refractivity contribution in [3.63, 3.8) is 0 Å². The van der Waals surface area contributed by atoms with Crippen LogP contribution in [-0.4, -0.2) is 28.2 Å². The summed E-state index contributed by atoms with van der Waals surface area (Å²) in [6.45, 7) is 0. The molecule has 10 heteroatoms. The Morgan fingerprint density at radius 2 is 2.13 bits per heavy atom. The van der Waals surface area contributed by atoms with Crippen LogP contribution in [0, 0.1) is 5.82 Å². The molecular formula is C13H12F4N4O2. The molecule has 1 aromatic carbocycles. The molecule has 0 aliphatic rings. The summed E-state index contributed by atoms with van der Waals surface area (Å²) in [6, 6.07) is 4.23. The predicted octanol–water partition coefficient (Wildman–Crippen LogP) is 2.54. The van der Waals surface area contributed by atoms with Crippen LogP contribution in [0.2, 0.25) is 0 Å². The summed E-state index contributed by atoms with van der Waals surface area (Å²) in [5.41, 5.74) is 0.546. The van der Waals surface area contributed by atoms with Crippen LogP contribution < -0.4 is 10.1 Å². The second kappa shape index (κ2) is 6.63. The number of alkyl halides is 3. The van der Waals surface area contributed by atoms with Crippen LogP contribution in [0.15, 0.2) is 18.2 Å². The van der Waals surface area contributed by atoms with Crippen molar-refractivity contribution in [2.24, 2.45) is 0 Å². The summed E-state index contributed by atoms with van der Waals surface area (Å²) in [4.78, 5) is 14.8. The number of carbonyl (C=O) groups excluding carboxylic acids is 1. The molecular weight excluding hydrogens is 320 g/mol. The highest BCUT2D eigenvalue weighted by Crippen LogP contribution is 2.26. The Morgan fingerprint density at radius 1 is 1.39 bits per heavy atom. The summed E-state index contributed by atoms with van der Waals surface area (Å²) in [5.74, 6) is -2.84. The minimum absolute atomic E-state index is 0.0678. The first-order valence-corrected chi connectivity index (χ1v) is 6.41. The zero-order valence-corrected chi connectivity index (χ0v) is 11.9. The van der Waals surface area contributed by atoms with Crippen LogP contribution in [0.5, 0.6) is 5.75 Å². The van der Waals surface area contributed by atoms with Crippen molar-refractivity contribution >= 4 is 11.9 Å². The first-order valence-electron chi connectivity index (χ1n) is 6.41. The number of aromatic amines is 1. The fourth-order valence-electron chi connectivity index (χ4n) is 1.75. The van der Waals surface area contributed by atoms with E-state index in [2.05, 4.69) is 15.4 Å². The number of carbonyl (C=O) groups is 1. The van der Waals surface area contributed by atoms with Crippen LogP contribution in [0.3, 0.4) is 0 Å². The van der Waals surface area contributed by atoms with Crippen LogP contribution in [0.1, 0.15) is 17.8 Å². The average Bonchev–Trinajstić information content (AvgIpc) is 2.94. The third-order valence-corrected chi connectivity index (χ3v) is 2.86. The molecule has 1 heterocycles. The van der Waals surface area contributed by atoms with Gasteiger partial charge in [0, 0.05) is 6.42 Å². The molecule has 0 fully saturated rings. The van der Waals surface area contributed by atoms with Gasteiger partial charge in [-0.15, -0.1) is 5.10 Å². The molecule has 0 radical (unpaired) electrons. The predicted molar refractivity (Wildman–Crippen MR) is 71.3 cm³/mol. The average molecular weight is 332 g/mol. The molecule has 6 nitrogen and oxygen atoms in total. The van der Waals surface area contributed by atoms with Crippen LogP contribution in [-0.2, 0) is 17.4 Å². The summed E-state index contributed by atoms with van der Waals surface area (Å²) in [5, 5.41) is 7.06. The van der Waals surface area contributed by atoms with Crippen LogP contribution in [0.4, 0.5) is 23.5 Å². The van der Waals surface area contributed by atoms with Crippen LogP contribution in [0.25, 0.3) is 0 Å². The molecule has 124 valence electrons. The Bertz CT molecular complexity index is 700. The molecule has 1 amide bonds. The second-order valence-electron chi connectivity index (χ2n) is 4.52. The fourth-order valence-corrected chi connectivity index (χ4v) is 1.75. The number of anilines is 1. The number of hydrogen-bond acceptors (Lipinski definition) is 4. The lowest BCUT2D eigenvalue weighted by atomic mass is 10.1. The lowest BCUT2D eigenvalue weighted by Gasteiger charge is -2.05. The largest absolute Gasteiger partial charge is 0.494 e. The number of benzene rings is 1. The van der Waals surface area contributed by atoms with Crippen molar-refractivity contribution in [2.45, 2.75) is 19.0 Å². The topological polar surface area (TPSA) is 79.9 Å². The van der Waals surface area contributed by atoms with Gasteiger partial charge in [0.2, 0.25) is 17.7 Å². The van der Waals surface area contributed by atoms with Gasteiger partial charge in [0.15, 0.2) is 11.6 Å². The highest BCUT2D eigenvalue weighted by Gasteiger charge is 2.35. The maximum absolute atomic E-state index is 13.5. The molecule has 1 aromatic heterocycles. The molecule has 0 aliphatic heterocycles. The minimum atomic E-state index is -4.67. The second-order valence-corrected chi connectivity index (χ2v) is 4.52. The molecule has 0 saturated carbocycles. The van der Waals surface area contributed by atoms with Gasteiger partial charge >= 0.3 is 6.18 Å². The number of ether oxygens (including phenoxy) is 1. The number of rotatable bonds is 5. The standard InChI is InChI=1S/C13H12F4N4O2/c1-23-9-4-2-7(6-8(9)14)3-5-10(22)18-12-19-11(20-21-12)13(15,16)17/h2,4,6H,3,5H2,1H3,(H2,18,19,20,21,22). The zero-order chi connectivity index (χ0) is 17.0. The summed E-state index contributed by atoms with van der Waals surface area (Å²) in [7, 11) is 1.33. The third-order valence-electron chi connectivity index (χ3n) is 2.86. The molecule has 0 saturated heterocycles. The number of nitrogens with zero attached hydrogens (tertiary/aromatic N) is 2. The Labute approximate surface area is 127 Å². The highest BCUT2D eigenvalue weighted by atomic mass is 19.4. The summed E-state index contributed by atoms with van der Waals surface area (Å²) < 4.78 is 55.2. The number of halogens is 4. The molecule has 0 spiro atoms. The SMILES string of the molecule is COc1ccc(CCC(=O)Nc2n[nH]c(C(F)(F)F)n2)cc1F. The lowest BCUT2D eigenvalue weighted by Crippen LogP contribution is -2.14. The van der Waals surface area contributed by atoms with Gasteiger partial charge in [0.25, 0.3) is 0 Å². The zero-order valence-electron chi connectivity index (χ0n) is 11.9. The number of nitrogens with one attached hydrogen (secondary N) is 2. The van der Waals surface area contributed by atoms with E-state index in [1.165, 1.54) is 19.2 Å². The Kier molecular flexibility index (Phi) is 4.82. The van der Waals surface area contributed by atoms with Crippen LogP contribution >= 0.6 is 0 Å². The fraction of sp³-hybridized carbons (Fsp3) is 0.308. The maximum atomic E-state index is 13.5. The number of amides is 1. The van der Waals surface area contributed by atoms with Gasteiger partial charge in [-0.05, 0) is 24.1 Å². The molecule has 23 heavy (non-hydrogen) atoms. The van der Waals surface area contributed by atoms with E-state index in [0.717, 1.165) is 0 Å². The van der Waals surface area contributed by atoms with E-state index in [0.29, 0.717) is 5.56 Å². The molecule has 2 rings (SSSR count). The number of aryl methyl sites for hydroxylation is 1. The normalized spacial score (nSPS) is 11.3. The highest BCUT2D eigenvalue weighted by molar-refractivity contribution is 5.89.